The highest BCUT2D eigenvalue weighted by atomic mass is 16.5. The molecule has 6 heterocycles. The summed E-state index contributed by atoms with van der Waals surface area (Å²) in [4.78, 5) is 4.80. The van der Waals surface area contributed by atoms with Gasteiger partial charge in [-0.2, -0.15) is 0 Å². The molecule has 6 aliphatic rings. The largest absolute Gasteiger partial charge is 0.497 e. The van der Waals surface area contributed by atoms with E-state index >= 15 is 0 Å². The van der Waals surface area contributed by atoms with E-state index in [2.05, 4.69) is 72.4 Å². The molecule has 240 valence electrons. The van der Waals surface area contributed by atoms with Crippen molar-refractivity contribution in [2.24, 2.45) is 0 Å². The van der Waals surface area contributed by atoms with Gasteiger partial charge in [0.1, 0.15) is 17.2 Å². The van der Waals surface area contributed by atoms with Gasteiger partial charge in [-0.25, -0.2) is 0 Å². The first kappa shape index (κ1) is 30.3. The zero-order valence-corrected chi connectivity index (χ0v) is 27.5. The zero-order valence-electron chi connectivity index (χ0n) is 27.5. The Kier molecular flexibility index (Phi) is 8.17. The number of benzene rings is 4. The first-order chi connectivity index (χ1) is 22.4. The molecule has 0 N–H and O–H groups in total. The number of methoxy groups -OCH3 is 4. The van der Waals surface area contributed by atoms with Gasteiger partial charge in [-0.3, -0.25) is 9.80 Å². The van der Waals surface area contributed by atoms with Crippen LogP contribution in [-0.4, -0.2) is 65.4 Å². The number of hydrogen-bond donors (Lipinski definition) is 0. The van der Waals surface area contributed by atoms with Gasteiger partial charge in [0.15, 0.2) is 23.0 Å². The van der Waals surface area contributed by atoms with Crippen LogP contribution in [-0.2, 0) is 25.7 Å². The summed E-state index contributed by atoms with van der Waals surface area (Å²) in [5, 5.41) is 0. The average Bonchev–Trinajstić information content (AvgIpc) is 3.07. The zero-order chi connectivity index (χ0) is 31.9. The SMILES string of the molecule is COc1cc2c3c(c1)Oc1ccc(cc1OC)C[C@H]1c4c(cc(OC)c(OC)c4Oc4ccc(cc4)C[C@@H]3N(C)CC2)CCN1C. The monoisotopic (exact) mass is 622 g/mol. The molecule has 4 aromatic rings. The standard InChI is InChI=1S/C38H42N2O6/c1-39-15-13-25-20-28(41-3)22-33-35(25)29(39)17-23-7-10-27(11-8-23)45-38-36-26(21-34(43-5)37(38)44-6)14-16-40(2)30(36)18-24-9-12-31(46-33)32(19-24)42-4/h7-12,19-22,29-30H,13-18H2,1-6H3/t29-,30-/m0/s1. The normalized spacial score (nSPS) is 19.2. The lowest BCUT2D eigenvalue weighted by Gasteiger charge is -2.37. The summed E-state index contributed by atoms with van der Waals surface area (Å²) >= 11 is 0. The third-order valence-electron chi connectivity index (χ3n) is 9.83. The Labute approximate surface area is 271 Å². The second-order valence-electron chi connectivity index (χ2n) is 12.4. The lowest BCUT2D eigenvalue weighted by Crippen LogP contribution is -2.34. The molecule has 0 saturated carbocycles. The molecule has 10 rings (SSSR count). The molecule has 0 aliphatic carbocycles. The summed E-state index contributed by atoms with van der Waals surface area (Å²) in [5.74, 6) is 5.68. The Balaban J connectivity index is 1.42. The minimum Gasteiger partial charge on any atom is -0.497 e. The topological polar surface area (TPSA) is 61.9 Å². The average molecular weight is 623 g/mol. The number of hydrogen-bond acceptors (Lipinski definition) is 8. The van der Waals surface area contributed by atoms with Gasteiger partial charge >= 0.3 is 0 Å². The fourth-order valence-electron chi connectivity index (χ4n) is 7.31. The van der Waals surface area contributed by atoms with Crippen molar-refractivity contribution in [2.45, 2.75) is 37.8 Å². The Bertz CT molecular complexity index is 1750. The van der Waals surface area contributed by atoms with Gasteiger partial charge in [0, 0.05) is 42.4 Å². The molecule has 0 radical (unpaired) electrons. The third-order valence-corrected chi connectivity index (χ3v) is 9.83. The minimum absolute atomic E-state index is 0.0369. The molecule has 0 amide bonds. The van der Waals surface area contributed by atoms with E-state index in [0.717, 1.165) is 67.1 Å². The first-order valence-electron chi connectivity index (χ1n) is 15.9. The molecule has 4 bridgehead atoms. The summed E-state index contributed by atoms with van der Waals surface area (Å²) in [6.07, 6.45) is 3.35. The molecule has 0 unspecified atom stereocenters. The van der Waals surface area contributed by atoms with Crippen molar-refractivity contribution in [1.29, 1.82) is 0 Å². The molecule has 0 fully saturated rings. The maximum absolute atomic E-state index is 6.78. The van der Waals surface area contributed by atoms with Crippen LogP contribution in [0.3, 0.4) is 0 Å². The van der Waals surface area contributed by atoms with E-state index in [1.807, 2.05) is 12.1 Å². The van der Waals surface area contributed by atoms with Crippen molar-refractivity contribution < 1.29 is 28.4 Å². The highest BCUT2D eigenvalue weighted by Gasteiger charge is 2.34. The summed E-state index contributed by atoms with van der Waals surface area (Å²) in [6.45, 7) is 1.86. The molecule has 4 aromatic carbocycles. The second-order valence-corrected chi connectivity index (χ2v) is 12.4. The Morgan fingerprint density at radius 3 is 1.93 bits per heavy atom. The van der Waals surface area contributed by atoms with Gasteiger partial charge in [-0.05, 0) is 98.4 Å². The molecule has 2 atom stereocenters. The van der Waals surface area contributed by atoms with Gasteiger partial charge < -0.3 is 28.4 Å². The van der Waals surface area contributed by atoms with E-state index in [9.17, 15) is 0 Å². The van der Waals surface area contributed by atoms with Crippen molar-refractivity contribution in [3.8, 4) is 46.0 Å². The quantitative estimate of drug-likeness (QED) is 0.238. The van der Waals surface area contributed by atoms with E-state index in [1.54, 1.807) is 28.4 Å². The number of ether oxygens (including phenoxy) is 6. The van der Waals surface area contributed by atoms with Gasteiger partial charge in [0.25, 0.3) is 0 Å². The third kappa shape index (κ3) is 5.39. The molecule has 0 saturated heterocycles. The predicted molar refractivity (Wildman–Crippen MR) is 178 cm³/mol. The van der Waals surface area contributed by atoms with Crippen LogP contribution >= 0.6 is 0 Å². The lowest BCUT2D eigenvalue weighted by atomic mass is 9.87. The molecule has 8 heteroatoms. The fourth-order valence-corrected chi connectivity index (χ4v) is 7.31. The lowest BCUT2D eigenvalue weighted by molar-refractivity contribution is 0.221. The van der Waals surface area contributed by atoms with Crippen LogP contribution in [0.4, 0.5) is 0 Å². The molecular weight excluding hydrogens is 580 g/mol. The minimum atomic E-state index is 0.0369. The summed E-state index contributed by atoms with van der Waals surface area (Å²) in [6, 6.07) is 21.1. The van der Waals surface area contributed by atoms with Crippen molar-refractivity contribution in [2.75, 3.05) is 55.6 Å². The molecule has 8 nitrogen and oxygen atoms in total. The van der Waals surface area contributed by atoms with Crippen LogP contribution in [0.15, 0.2) is 60.7 Å². The van der Waals surface area contributed by atoms with Crippen molar-refractivity contribution in [3.05, 3.63) is 94.0 Å². The predicted octanol–water partition coefficient (Wildman–Crippen LogP) is 7.16. The molecule has 0 aromatic heterocycles. The van der Waals surface area contributed by atoms with Crippen LogP contribution in [0.5, 0.6) is 46.0 Å². The smallest absolute Gasteiger partial charge is 0.204 e. The fraction of sp³-hybridized carbons (Fsp3) is 0.368. The van der Waals surface area contributed by atoms with Crippen LogP contribution in [0, 0.1) is 0 Å². The molecular formula is C38H42N2O6. The highest BCUT2D eigenvalue weighted by Crippen LogP contribution is 2.50. The molecule has 46 heavy (non-hydrogen) atoms. The van der Waals surface area contributed by atoms with Crippen molar-refractivity contribution in [3.63, 3.8) is 0 Å². The van der Waals surface area contributed by atoms with E-state index in [0.29, 0.717) is 28.7 Å². The highest BCUT2D eigenvalue weighted by molar-refractivity contribution is 5.62. The molecule has 0 spiro atoms. The van der Waals surface area contributed by atoms with E-state index in [4.69, 9.17) is 28.4 Å². The van der Waals surface area contributed by atoms with Gasteiger partial charge in [-0.1, -0.05) is 18.2 Å². The van der Waals surface area contributed by atoms with E-state index in [-0.39, 0.29) is 12.1 Å². The van der Waals surface area contributed by atoms with Crippen LogP contribution in [0.1, 0.15) is 45.5 Å². The van der Waals surface area contributed by atoms with Gasteiger partial charge in [0.05, 0.1) is 28.4 Å². The van der Waals surface area contributed by atoms with Crippen LogP contribution in [0.25, 0.3) is 0 Å². The number of likely N-dealkylation sites (N-methyl/N-ethyl adjacent to an activating group) is 2. The van der Waals surface area contributed by atoms with Crippen molar-refractivity contribution >= 4 is 0 Å². The Morgan fingerprint density at radius 2 is 1.26 bits per heavy atom. The van der Waals surface area contributed by atoms with Gasteiger partial charge in [0.2, 0.25) is 5.75 Å². The Morgan fingerprint density at radius 1 is 0.609 bits per heavy atom. The van der Waals surface area contributed by atoms with E-state index < -0.39 is 0 Å². The van der Waals surface area contributed by atoms with Gasteiger partial charge in [-0.15, -0.1) is 0 Å². The summed E-state index contributed by atoms with van der Waals surface area (Å²) in [7, 11) is 11.1. The maximum atomic E-state index is 6.78. The van der Waals surface area contributed by atoms with Crippen LogP contribution < -0.4 is 28.4 Å². The molecule has 6 aliphatic heterocycles. The van der Waals surface area contributed by atoms with Crippen LogP contribution in [0.2, 0.25) is 0 Å². The van der Waals surface area contributed by atoms with E-state index in [1.165, 1.54) is 22.3 Å². The summed E-state index contributed by atoms with van der Waals surface area (Å²) < 4.78 is 37.0. The Hall–Kier alpha value is -4.40. The number of nitrogens with zero attached hydrogens (tertiary/aromatic N) is 2. The maximum Gasteiger partial charge on any atom is 0.204 e. The van der Waals surface area contributed by atoms with Crippen molar-refractivity contribution in [1.82, 2.24) is 9.80 Å². The first-order valence-corrected chi connectivity index (χ1v) is 15.9. The second kappa shape index (κ2) is 12.4. The summed E-state index contributed by atoms with van der Waals surface area (Å²) in [5.41, 5.74) is 7.09. The number of rotatable bonds is 4.